The van der Waals surface area contributed by atoms with E-state index in [0.717, 1.165) is 12.8 Å². The van der Waals surface area contributed by atoms with Crippen LogP contribution in [0.25, 0.3) is 0 Å². The van der Waals surface area contributed by atoms with Crippen molar-refractivity contribution in [3.05, 3.63) is 0 Å². The lowest BCUT2D eigenvalue weighted by Crippen LogP contribution is -2.45. The smallest absolute Gasteiger partial charge is 0.320 e. The molecule has 0 heterocycles. The lowest BCUT2D eigenvalue weighted by Gasteiger charge is -2.25. The Hall–Kier alpha value is -1.10. The number of carbonyl (C=O) groups is 2. The Labute approximate surface area is 116 Å². The number of nitrogens with one attached hydrogen (secondary N) is 1. The van der Waals surface area contributed by atoms with Gasteiger partial charge in [-0.25, -0.2) is 0 Å². The first kappa shape index (κ1) is 17.9. The van der Waals surface area contributed by atoms with Crippen LogP contribution in [0.4, 0.5) is 0 Å². The van der Waals surface area contributed by atoms with Crippen molar-refractivity contribution in [1.82, 2.24) is 10.2 Å². The van der Waals surface area contributed by atoms with Gasteiger partial charge in [-0.05, 0) is 34.1 Å². The van der Waals surface area contributed by atoms with Gasteiger partial charge in [-0.15, -0.1) is 0 Å². The second kappa shape index (κ2) is 9.78. The molecule has 1 unspecified atom stereocenters. The maximum absolute atomic E-state index is 11.9. The molecule has 0 aromatic carbocycles. The first-order valence-electron chi connectivity index (χ1n) is 7.09. The second-order valence-electron chi connectivity index (χ2n) is 5.06. The van der Waals surface area contributed by atoms with Crippen molar-refractivity contribution in [1.29, 1.82) is 0 Å². The maximum Gasteiger partial charge on any atom is 0.320 e. The third-order valence-corrected chi connectivity index (χ3v) is 2.84. The van der Waals surface area contributed by atoms with Gasteiger partial charge >= 0.3 is 5.97 Å². The molecule has 5 nitrogen and oxygen atoms in total. The minimum absolute atomic E-state index is 0.0426. The van der Waals surface area contributed by atoms with E-state index in [9.17, 15) is 9.59 Å². The first-order valence-corrected chi connectivity index (χ1v) is 7.09. The topological polar surface area (TPSA) is 58.6 Å². The molecule has 0 aliphatic rings. The number of carbonyl (C=O) groups excluding carboxylic acids is 2. The van der Waals surface area contributed by atoms with E-state index in [1.165, 1.54) is 0 Å². The number of rotatable bonds is 9. The van der Waals surface area contributed by atoms with Crippen LogP contribution in [0.3, 0.4) is 0 Å². The standard InChI is InChI=1S/C14H28N2O3/c1-6-8-12(5)15-13(17)9-16(11(3)4)10-14(18)19-7-2/h11-12H,6-10H2,1-5H3,(H,15,17). The third kappa shape index (κ3) is 8.59. The predicted octanol–water partition coefficient (Wildman–Crippen LogP) is 1.56. The van der Waals surface area contributed by atoms with Gasteiger partial charge in [-0.1, -0.05) is 13.3 Å². The molecule has 0 spiro atoms. The molecule has 19 heavy (non-hydrogen) atoms. The van der Waals surface area contributed by atoms with Gasteiger partial charge in [-0.3, -0.25) is 14.5 Å². The van der Waals surface area contributed by atoms with E-state index in [1.54, 1.807) is 6.92 Å². The fraction of sp³-hybridized carbons (Fsp3) is 0.857. The maximum atomic E-state index is 11.9. The van der Waals surface area contributed by atoms with Gasteiger partial charge in [0, 0.05) is 12.1 Å². The number of ether oxygens (including phenoxy) is 1. The van der Waals surface area contributed by atoms with Crippen molar-refractivity contribution in [2.75, 3.05) is 19.7 Å². The van der Waals surface area contributed by atoms with E-state index in [-0.39, 0.29) is 37.0 Å². The average molecular weight is 272 g/mol. The highest BCUT2D eigenvalue weighted by Crippen LogP contribution is 2.00. The number of hydrogen-bond donors (Lipinski definition) is 1. The van der Waals surface area contributed by atoms with Crippen LogP contribution in [0, 0.1) is 0 Å². The normalized spacial score (nSPS) is 12.6. The molecule has 1 N–H and O–H groups in total. The van der Waals surface area contributed by atoms with Crippen molar-refractivity contribution in [3.63, 3.8) is 0 Å². The highest BCUT2D eigenvalue weighted by Gasteiger charge is 2.18. The molecule has 0 aromatic heterocycles. The van der Waals surface area contributed by atoms with Gasteiger partial charge in [0.2, 0.25) is 5.91 Å². The molecule has 0 bridgehead atoms. The van der Waals surface area contributed by atoms with Gasteiger partial charge in [-0.2, -0.15) is 0 Å². The summed E-state index contributed by atoms with van der Waals surface area (Å²) in [6.45, 7) is 10.5. The summed E-state index contributed by atoms with van der Waals surface area (Å²) < 4.78 is 4.91. The molecule has 0 radical (unpaired) electrons. The Bertz CT molecular complexity index is 280. The zero-order valence-corrected chi connectivity index (χ0v) is 12.9. The van der Waals surface area contributed by atoms with Gasteiger partial charge in [0.25, 0.3) is 0 Å². The molecular formula is C14H28N2O3. The highest BCUT2D eigenvalue weighted by atomic mass is 16.5. The van der Waals surface area contributed by atoms with Crippen LogP contribution in [0.5, 0.6) is 0 Å². The molecule has 0 saturated heterocycles. The van der Waals surface area contributed by atoms with Gasteiger partial charge < -0.3 is 10.1 Å². The molecule has 0 rings (SSSR count). The molecule has 0 saturated carbocycles. The Morgan fingerprint density at radius 1 is 1.16 bits per heavy atom. The molecule has 0 aliphatic carbocycles. The summed E-state index contributed by atoms with van der Waals surface area (Å²) in [7, 11) is 0. The Morgan fingerprint density at radius 3 is 2.26 bits per heavy atom. The summed E-state index contributed by atoms with van der Waals surface area (Å²) in [4.78, 5) is 25.2. The SMILES string of the molecule is CCCC(C)NC(=O)CN(CC(=O)OCC)C(C)C. The summed E-state index contributed by atoms with van der Waals surface area (Å²) in [6.07, 6.45) is 2.00. The molecule has 0 aliphatic heterocycles. The molecule has 0 aromatic rings. The number of nitrogens with zero attached hydrogens (tertiary/aromatic N) is 1. The quantitative estimate of drug-likeness (QED) is 0.647. The second-order valence-corrected chi connectivity index (χ2v) is 5.06. The van der Waals surface area contributed by atoms with Crippen molar-refractivity contribution in [2.24, 2.45) is 0 Å². The van der Waals surface area contributed by atoms with E-state index >= 15 is 0 Å². The largest absolute Gasteiger partial charge is 0.465 e. The predicted molar refractivity (Wildman–Crippen MR) is 75.9 cm³/mol. The fourth-order valence-corrected chi connectivity index (χ4v) is 1.80. The van der Waals surface area contributed by atoms with Gasteiger partial charge in [0.15, 0.2) is 0 Å². The van der Waals surface area contributed by atoms with Crippen LogP contribution in [0.1, 0.15) is 47.5 Å². The zero-order valence-electron chi connectivity index (χ0n) is 12.9. The average Bonchev–Trinajstić information content (AvgIpc) is 2.28. The fourth-order valence-electron chi connectivity index (χ4n) is 1.80. The van der Waals surface area contributed by atoms with Crippen molar-refractivity contribution in [3.8, 4) is 0 Å². The number of esters is 1. The van der Waals surface area contributed by atoms with Crippen LogP contribution >= 0.6 is 0 Å². The van der Waals surface area contributed by atoms with E-state index in [2.05, 4.69) is 12.2 Å². The molecule has 112 valence electrons. The Balaban J connectivity index is 4.26. The Kier molecular flexibility index (Phi) is 9.21. The summed E-state index contributed by atoms with van der Waals surface area (Å²) in [5, 5.41) is 2.94. The highest BCUT2D eigenvalue weighted by molar-refractivity contribution is 5.79. The van der Waals surface area contributed by atoms with E-state index < -0.39 is 0 Å². The van der Waals surface area contributed by atoms with Crippen LogP contribution in [-0.4, -0.2) is 48.6 Å². The Morgan fingerprint density at radius 2 is 1.79 bits per heavy atom. The number of hydrogen-bond acceptors (Lipinski definition) is 4. The van der Waals surface area contributed by atoms with Crippen molar-refractivity contribution < 1.29 is 14.3 Å². The summed E-state index contributed by atoms with van der Waals surface area (Å²) in [6, 6.07) is 0.297. The third-order valence-electron chi connectivity index (χ3n) is 2.84. The van der Waals surface area contributed by atoms with E-state index in [0.29, 0.717) is 6.61 Å². The van der Waals surface area contributed by atoms with Crippen molar-refractivity contribution in [2.45, 2.75) is 59.5 Å². The summed E-state index contributed by atoms with van der Waals surface area (Å²) in [5.41, 5.74) is 0. The lowest BCUT2D eigenvalue weighted by molar-refractivity contribution is -0.145. The van der Waals surface area contributed by atoms with Gasteiger partial charge in [0.1, 0.15) is 0 Å². The lowest BCUT2D eigenvalue weighted by atomic mass is 10.2. The zero-order chi connectivity index (χ0) is 14.8. The van der Waals surface area contributed by atoms with Crippen LogP contribution in [-0.2, 0) is 14.3 Å². The van der Waals surface area contributed by atoms with Crippen LogP contribution in [0.2, 0.25) is 0 Å². The van der Waals surface area contributed by atoms with E-state index in [1.807, 2.05) is 25.7 Å². The van der Waals surface area contributed by atoms with E-state index in [4.69, 9.17) is 4.74 Å². The molecule has 1 amide bonds. The van der Waals surface area contributed by atoms with Crippen LogP contribution in [0.15, 0.2) is 0 Å². The van der Waals surface area contributed by atoms with Crippen molar-refractivity contribution >= 4 is 11.9 Å². The molecule has 0 fully saturated rings. The first-order chi connectivity index (χ1) is 8.90. The summed E-state index contributed by atoms with van der Waals surface area (Å²) >= 11 is 0. The molecule has 5 heteroatoms. The summed E-state index contributed by atoms with van der Waals surface area (Å²) in [5.74, 6) is -0.329. The van der Waals surface area contributed by atoms with Gasteiger partial charge in [0.05, 0.1) is 19.7 Å². The monoisotopic (exact) mass is 272 g/mol. The number of amides is 1. The minimum atomic E-state index is -0.286. The molecule has 1 atom stereocenters. The van der Waals surface area contributed by atoms with Crippen LogP contribution < -0.4 is 5.32 Å². The minimum Gasteiger partial charge on any atom is -0.465 e. The molecular weight excluding hydrogens is 244 g/mol.